The largest absolute Gasteiger partial charge is 0.281 e. The molecule has 4 nitrogen and oxygen atoms in total. The lowest BCUT2D eigenvalue weighted by Gasteiger charge is -2.32. The first-order valence-electron chi connectivity index (χ1n) is 6.91. The Morgan fingerprint density at radius 2 is 1.29 bits per heavy atom. The summed E-state index contributed by atoms with van der Waals surface area (Å²) >= 11 is 0. The summed E-state index contributed by atoms with van der Waals surface area (Å²) in [5, 5.41) is 0. The Morgan fingerprint density at radius 1 is 0.762 bits per heavy atom. The standard InChI is InChI=1S/C17H16N2O2/c20-16-12-18(11-14-7-3-1-4-8-14)13-17(21)19(16)15-9-5-2-6-10-15/h1-10H,11-13H2. The van der Waals surface area contributed by atoms with Crippen LogP contribution in [0.25, 0.3) is 0 Å². The molecule has 2 aromatic rings. The third-order valence-electron chi connectivity index (χ3n) is 3.48. The Balaban J connectivity index is 1.73. The number of nitrogens with zero attached hydrogens (tertiary/aromatic N) is 2. The molecule has 21 heavy (non-hydrogen) atoms. The van der Waals surface area contributed by atoms with E-state index in [2.05, 4.69) is 0 Å². The first kappa shape index (κ1) is 13.5. The number of rotatable bonds is 3. The number of imide groups is 1. The van der Waals surface area contributed by atoms with Crippen LogP contribution in [0.3, 0.4) is 0 Å². The highest BCUT2D eigenvalue weighted by Crippen LogP contribution is 2.18. The van der Waals surface area contributed by atoms with Gasteiger partial charge >= 0.3 is 0 Å². The van der Waals surface area contributed by atoms with E-state index in [4.69, 9.17) is 0 Å². The molecule has 1 aliphatic heterocycles. The molecule has 0 radical (unpaired) electrons. The molecule has 1 saturated heterocycles. The Hall–Kier alpha value is -2.46. The van der Waals surface area contributed by atoms with E-state index in [1.165, 1.54) is 4.90 Å². The third kappa shape index (κ3) is 3.01. The molecule has 0 bridgehead atoms. The molecular weight excluding hydrogens is 264 g/mol. The molecule has 0 unspecified atom stereocenters. The Bertz CT molecular complexity index is 622. The van der Waals surface area contributed by atoms with Crippen molar-refractivity contribution < 1.29 is 9.59 Å². The molecule has 0 saturated carbocycles. The van der Waals surface area contributed by atoms with Crippen LogP contribution >= 0.6 is 0 Å². The Morgan fingerprint density at radius 3 is 1.86 bits per heavy atom. The summed E-state index contributed by atoms with van der Waals surface area (Å²) in [6.45, 7) is 1.13. The summed E-state index contributed by atoms with van der Waals surface area (Å²) in [7, 11) is 0. The van der Waals surface area contributed by atoms with Crippen molar-refractivity contribution in [3.05, 3.63) is 66.2 Å². The summed E-state index contributed by atoms with van der Waals surface area (Å²) in [5.74, 6) is -0.346. The predicted octanol–water partition coefficient (Wildman–Crippen LogP) is 2.06. The minimum absolute atomic E-state index is 0.173. The summed E-state index contributed by atoms with van der Waals surface area (Å²) in [5.41, 5.74) is 1.75. The molecule has 0 atom stereocenters. The van der Waals surface area contributed by atoms with Crippen molar-refractivity contribution in [3.8, 4) is 0 Å². The van der Waals surface area contributed by atoms with Crippen LogP contribution in [0.5, 0.6) is 0 Å². The van der Waals surface area contributed by atoms with Gasteiger partial charge in [-0.25, -0.2) is 4.90 Å². The van der Waals surface area contributed by atoms with Gasteiger partial charge in [-0.1, -0.05) is 48.5 Å². The molecule has 1 aliphatic rings. The molecule has 106 valence electrons. The van der Waals surface area contributed by atoms with Crippen molar-refractivity contribution in [1.82, 2.24) is 4.90 Å². The third-order valence-corrected chi connectivity index (χ3v) is 3.48. The normalized spacial score (nSPS) is 16.3. The zero-order chi connectivity index (χ0) is 14.7. The van der Waals surface area contributed by atoms with E-state index < -0.39 is 0 Å². The van der Waals surface area contributed by atoms with E-state index in [0.29, 0.717) is 12.2 Å². The van der Waals surface area contributed by atoms with Gasteiger partial charge in [0.25, 0.3) is 0 Å². The minimum atomic E-state index is -0.173. The van der Waals surface area contributed by atoms with Gasteiger partial charge in [0.15, 0.2) is 0 Å². The van der Waals surface area contributed by atoms with Gasteiger partial charge in [-0.05, 0) is 17.7 Å². The van der Waals surface area contributed by atoms with E-state index in [-0.39, 0.29) is 24.9 Å². The van der Waals surface area contributed by atoms with E-state index in [1.807, 2.05) is 53.4 Å². The van der Waals surface area contributed by atoms with Gasteiger partial charge in [0.05, 0.1) is 18.8 Å². The number of benzene rings is 2. The van der Waals surface area contributed by atoms with Crippen molar-refractivity contribution in [2.45, 2.75) is 6.54 Å². The highest BCUT2D eigenvalue weighted by molar-refractivity contribution is 6.17. The Kier molecular flexibility index (Phi) is 3.79. The van der Waals surface area contributed by atoms with Crippen LogP contribution in [-0.4, -0.2) is 29.8 Å². The fourth-order valence-electron chi connectivity index (χ4n) is 2.54. The number of hydrogen-bond donors (Lipinski definition) is 0. The van der Waals surface area contributed by atoms with E-state index in [0.717, 1.165) is 5.56 Å². The van der Waals surface area contributed by atoms with Gasteiger partial charge in [0, 0.05) is 6.54 Å². The quantitative estimate of drug-likeness (QED) is 0.808. The maximum Gasteiger partial charge on any atom is 0.247 e. The highest BCUT2D eigenvalue weighted by Gasteiger charge is 2.31. The summed E-state index contributed by atoms with van der Waals surface area (Å²) < 4.78 is 0. The summed E-state index contributed by atoms with van der Waals surface area (Å²) in [4.78, 5) is 27.7. The second-order valence-corrected chi connectivity index (χ2v) is 5.09. The number of hydrogen-bond acceptors (Lipinski definition) is 3. The smallest absolute Gasteiger partial charge is 0.247 e. The van der Waals surface area contributed by atoms with Crippen LogP contribution in [0.4, 0.5) is 5.69 Å². The van der Waals surface area contributed by atoms with Gasteiger partial charge in [-0.2, -0.15) is 0 Å². The maximum atomic E-state index is 12.3. The van der Waals surface area contributed by atoms with Gasteiger partial charge in [-0.15, -0.1) is 0 Å². The van der Waals surface area contributed by atoms with Crippen LogP contribution in [-0.2, 0) is 16.1 Å². The zero-order valence-electron chi connectivity index (χ0n) is 11.6. The van der Waals surface area contributed by atoms with Crippen molar-refractivity contribution in [1.29, 1.82) is 0 Å². The van der Waals surface area contributed by atoms with E-state index in [9.17, 15) is 9.59 Å². The second-order valence-electron chi connectivity index (χ2n) is 5.09. The fraction of sp³-hybridized carbons (Fsp3) is 0.176. The SMILES string of the molecule is O=C1CN(Cc2ccccc2)CC(=O)N1c1ccccc1. The minimum Gasteiger partial charge on any atom is -0.281 e. The van der Waals surface area contributed by atoms with Crippen molar-refractivity contribution in [3.63, 3.8) is 0 Å². The number of para-hydroxylation sites is 1. The van der Waals surface area contributed by atoms with Crippen molar-refractivity contribution >= 4 is 17.5 Å². The van der Waals surface area contributed by atoms with Gasteiger partial charge in [0.1, 0.15) is 0 Å². The van der Waals surface area contributed by atoms with Gasteiger partial charge < -0.3 is 0 Å². The average Bonchev–Trinajstić information content (AvgIpc) is 2.49. The van der Waals surface area contributed by atoms with Crippen molar-refractivity contribution in [2.75, 3.05) is 18.0 Å². The molecule has 1 fully saturated rings. The van der Waals surface area contributed by atoms with Gasteiger partial charge in [-0.3, -0.25) is 14.5 Å². The Labute approximate surface area is 123 Å². The second kappa shape index (κ2) is 5.89. The molecule has 2 aromatic carbocycles. The number of amides is 2. The van der Waals surface area contributed by atoms with Crippen LogP contribution in [0, 0.1) is 0 Å². The average molecular weight is 280 g/mol. The highest BCUT2D eigenvalue weighted by atomic mass is 16.2. The molecule has 0 N–H and O–H groups in total. The predicted molar refractivity (Wildman–Crippen MR) is 80.7 cm³/mol. The van der Waals surface area contributed by atoms with Crippen LogP contribution in [0.1, 0.15) is 5.56 Å². The lowest BCUT2D eigenvalue weighted by molar-refractivity contribution is -0.132. The topological polar surface area (TPSA) is 40.6 Å². The van der Waals surface area contributed by atoms with Crippen molar-refractivity contribution in [2.24, 2.45) is 0 Å². The molecule has 2 amide bonds. The molecule has 1 heterocycles. The van der Waals surface area contributed by atoms with Crippen LogP contribution in [0.2, 0.25) is 0 Å². The molecule has 3 rings (SSSR count). The lowest BCUT2D eigenvalue weighted by Crippen LogP contribution is -2.53. The zero-order valence-corrected chi connectivity index (χ0v) is 11.6. The monoisotopic (exact) mass is 280 g/mol. The molecular formula is C17H16N2O2. The summed E-state index contributed by atoms with van der Waals surface area (Å²) in [6, 6.07) is 18.9. The first-order valence-corrected chi connectivity index (χ1v) is 6.91. The lowest BCUT2D eigenvalue weighted by atomic mass is 10.2. The van der Waals surface area contributed by atoms with E-state index >= 15 is 0 Å². The fourth-order valence-corrected chi connectivity index (χ4v) is 2.54. The maximum absolute atomic E-state index is 12.3. The molecule has 0 aromatic heterocycles. The first-order chi connectivity index (χ1) is 10.2. The number of carbonyl (C=O) groups excluding carboxylic acids is 2. The van der Waals surface area contributed by atoms with Gasteiger partial charge in [0.2, 0.25) is 11.8 Å². The number of anilines is 1. The molecule has 4 heteroatoms. The molecule has 0 aliphatic carbocycles. The number of carbonyl (C=O) groups is 2. The van der Waals surface area contributed by atoms with Crippen LogP contribution < -0.4 is 4.90 Å². The number of piperazine rings is 1. The van der Waals surface area contributed by atoms with Crippen LogP contribution in [0.15, 0.2) is 60.7 Å². The molecule has 0 spiro atoms. The summed E-state index contributed by atoms with van der Waals surface area (Å²) in [6.07, 6.45) is 0. The van der Waals surface area contributed by atoms with E-state index in [1.54, 1.807) is 12.1 Å².